The highest BCUT2D eigenvalue weighted by molar-refractivity contribution is 5.83. The summed E-state index contributed by atoms with van der Waals surface area (Å²) in [5.41, 5.74) is 2.21. The smallest absolute Gasteiger partial charge is 0.0605 e. The summed E-state index contributed by atoms with van der Waals surface area (Å²) in [6.45, 7) is 13.1. The zero-order valence-electron chi connectivity index (χ0n) is 9.32. The first-order valence-electron chi connectivity index (χ1n) is 4.88. The summed E-state index contributed by atoms with van der Waals surface area (Å²) in [5.74, 6) is 0. The van der Waals surface area contributed by atoms with Crippen LogP contribution in [0.3, 0.4) is 0 Å². The molecule has 0 saturated heterocycles. The fourth-order valence-electron chi connectivity index (χ4n) is 1.06. The average Bonchev–Trinajstić information content (AvgIpc) is 2.25. The number of hydrogen-bond acceptors (Lipinski definition) is 3. The van der Waals surface area contributed by atoms with Crippen LogP contribution in [0.1, 0.15) is 33.6 Å². The van der Waals surface area contributed by atoms with Gasteiger partial charge >= 0.3 is 0 Å². The Labute approximate surface area is 86.5 Å². The van der Waals surface area contributed by atoms with Crippen molar-refractivity contribution in [2.24, 2.45) is 10.1 Å². The molecule has 0 spiro atoms. The molecule has 0 atom stereocenters. The third-order valence-corrected chi connectivity index (χ3v) is 1.80. The topological polar surface area (TPSA) is 28.0 Å². The van der Waals surface area contributed by atoms with Crippen molar-refractivity contribution in [1.29, 1.82) is 0 Å². The number of hydrazone groups is 1. The summed E-state index contributed by atoms with van der Waals surface area (Å²) < 4.78 is 0. The molecule has 0 aromatic rings. The van der Waals surface area contributed by atoms with E-state index in [1.54, 1.807) is 11.2 Å². The van der Waals surface area contributed by atoms with Crippen molar-refractivity contribution >= 4 is 12.4 Å². The van der Waals surface area contributed by atoms with Crippen molar-refractivity contribution in [2.75, 3.05) is 0 Å². The maximum Gasteiger partial charge on any atom is 0.0605 e. The molecule has 14 heavy (non-hydrogen) atoms. The predicted molar refractivity (Wildman–Crippen MR) is 63.4 cm³/mol. The van der Waals surface area contributed by atoms with Crippen LogP contribution in [0.2, 0.25) is 0 Å². The minimum Gasteiger partial charge on any atom is -0.264 e. The van der Waals surface area contributed by atoms with Crippen LogP contribution in [0.4, 0.5) is 0 Å². The largest absolute Gasteiger partial charge is 0.264 e. The Morgan fingerprint density at radius 3 is 2.50 bits per heavy atom. The molecular formula is C11H19N3. The standard InChI is InChI=1S/C9H13N3.C2H6/c1-4-12(10-3)9-6-5-8(2)11-7-9;1-2/h4,7H,1,3,5-6H2,2H3;1-2H3. The summed E-state index contributed by atoms with van der Waals surface area (Å²) in [6.07, 6.45) is 5.40. The number of aliphatic imine (C=N–C) groups is 1. The van der Waals surface area contributed by atoms with Gasteiger partial charge in [0.2, 0.25) is 0 Å². The minimum atomic E-state index is 0.959. The molecule has 0 N–H and O–H groups in total. The number of nitrogens with zero attached hydrogens (tertiary/aromatic N) is 3. The molecule has 3 heteroatoms. The van der Waals surface area contributed by atoms with Crippen LogP contribution in [-0.4, -0.2) is 17.4 Å². The number of rotatable bonds is 3. The fourth-order valence-corrected chi connectivity index (χ4v) is 1.06. The van der Waals surface area contributed by atoms with E-state index < -0.39 is 0 Å². The van der Waals surface area contributed by atoms with E-state index in [0.29, 0.717) is 0 Å². The Morgan fingerprint density at radius 1 is 1.50 bits per heavy atom. The van der Waals surface area contributed by atoms with Crippen LogP contribution < -0.4 is 0 Å². The van der Waals surface area contributed by atoms with Crippen LogP contribution >= 0.6 is 0 Å². The lowest BCUT2D eigenvalue weighted by atomic mass is 10.1. The molecule has 3 nitrogen and oxygen atoms in total. The molecular weight excluding hydrogens is 174 g/mol. The quantitative estimate of drug-likeness (QED) is 0.500. The Morgan fingerprint density at radius 2 is 2.14 bits per heavy atom. The predicted octanol–water partition coefficient (Wildman–Crippen LogP) is 3.17. The Bertz CT molecular complexity index is 243. The van der Waals surface area contributed by atoms with Gasteiger partial charge in [0.15, 0.2) is 0 Å². The molecule has 1 aliphatic heterocycles. The van der Waals surface area contributed by atoms with E-state index in [-0.39, 0.29) is 0 Å². The van der Waals surface area contributed by atoms with Gasteiger partial charge < -0.3 is 0 Å². The van der Waals surface area contributed by atoms with E-state index in [4.69, 9.17) is 0 Å². The summed E-state index contributed by atoms with van der Waals surface area (Å²) in [4.78, 5) is 4.21. The normalized spacial score (nSPS) is 14.2. The van der Waals surface area contributed by atoms with E-state index in [0.717, 1.165) is 24.3 Å². The van der Waals surface area contributed by atoms with E-state index >= 15 is 0 Å². The second kappa shape index (κ2) is 7.06. The molecule has 1 aliphatic rings. The first kappa shape index (κ1) is 12.6. The van der Waals surface area contributed by atoms with E-state index in [9.17, 15) is 0 Å². The summed E-state index contributed by atoms with van der Waals surface area (Å²) in [7, 11) is 0. The molecule has 1 heterocycles. The van der Waals surface area contributed by atoms with E-state index in [1.165, 1.54) is 0 Å². The van der Waals surface area contributed by atoms with Gasteiger partial charge in [0.25, 0.3) is 0 Å². The highest BCUT2D eigenvalue weighted by atomic mass is 15.4. The van der Waals surface area contributed by atoms with Gasteiger partial charge in [-0.2, -0.15) is 5.10 Å². The lowest BCUT2D eigenvalue weighted by molar-refractivity contribution is 0.478. The van der Waals surface area contributed by atoms with Gasteiger partial charge in [0.1, 0.15) is 0 Å². The molecule has 0 fully saturated rings. The van der Waals surface area contributed by atoms with Crippen molar-refractivity contribution in [2.45, 2.75) is 33.6 Å². The molecule has 0 aromatic carbocycles. The number of allylic oxidation sites excluding steroid dienone is 1. The van der Waals surface area contributed by atoms with Crippen molar-refractivity contribution < 1.29 is 0 Å². The fraction of sp³-hybridized carbons (Fsp3) is 0.455. The van der Waals surface area contributed by atoms with Crippen LogP contribution in [-0.2, 0) is 0 Å². The van der Waals surface area contributed by atoms with Gasteiger partial charge in [-0.05, 0) is 19.8 Å². The van der Waals surface area contributed by atoms with Crippen molar-refractivity contribution in [3.63, 3.8) is 0 Å². The molecule has 0 aliphatic carbocycles. The minimum absolute atomic E-state index is 0.959. The molecule has 0 bridgehead atoms. The van der Waals surface area contributed by atoms with Gasteiger partial charge in [-0.1, -0.05) is 20.4 Å². The van der Waals surface area contributed by atoms with Gasteiger partial charge in [0.05, 0.1) is 5.70 Å². The second-order valence-corrected chi connectivity index (χ2v) is 2.65. The third kappa shape index (κ3) is 3.56. The van der Waals surface area contributed by atoms with E-state index in [1.807, 2.05) is 27.0 Å². The van der Waals surface area contributed by atoms with Gasteiger partial charge in [-0.15, -0.1) is 0 Å². The Hall–Kier alpha value is -1.38. The molecule has 0 amide bonds. The zero-order valence-corrected chi connectivity index (χ0v) is 9.32. The lowest BCUT2D eigenvalue weighted by Gasteiger charge is -2.18. The highest BCUT2D eigenvalue weighted by Gasteiger charge is 2.08. The summed E-state index contributed by atoms with van der Waals surface area (Å²) in [5, 5.41) is 5.43. The van der Waals surface area contributed by atoms with Gasteiger partial charge in [-0.3, -0.25) is 4.99 Å². The zero-order chi connectivity index (χ0) is 11.0. The average molecular weight is 193 g/mol. The maximum absolute atomic E-state index is 4.21. The first-order chi connectivity index (χ1) is 6.77. The lowest BCUT2D eigenvalue weighted by Crippen LogP contribution is -2.12. The van der Waals surface area contributed by atoms with Crippen LogP contribution in [0.15, 0.2) is 34.8 Å². The maximum atomic E-state index is 4.21. The molecule has 0 unspecified atom stereocenters. The van der Waals surface area contributed by atoms with Crippen molar-refractivity contribution in [3.05, 3.63) is 24.7 Å². The van der Waals surface area contributed by atoms with Crippen LogP contribution in [0.5, 0.6) is 0 Å². The Balaban J connectivity index is 0.000000791. The molecule has 0 saturated carbocycles. The molecule has 1 rings (SSSR count). The Kier molecular flexibility index (Phi) is 6.37. The van der Waals surface area contributed by atoms with Crippen LogP contribution in [0, 0.1) is 0 Å². The van der Waals surface area contributed by atoms with Crippen molar-refractivity contribution in [1.82, 2.24) is 5.01 Å². The number of hydrogen-bond donors (Lipinski definition) is 0. The van der Waals surface area contributed by atoms with E-state index in [2.05, 4.69) is 23.4 Å². The van der Waals surface area contributed by atoms with Gasteiger partial charge in [-0.25, -0.2) is 5.01 Å². The monoisotopic (exact) mass is 193 g/mol. The first-order valence-corrected chi connectivity index (χ1v) is 4.88. The second-order valence-electron chi connectivity index (χ2n) is 2.65. The highest BCUT2D eigenvalue weighted by Crippen LogP contribution is 2.16. The third-order valence-electron chi connectivity index (χ3n) is 1.80. The summed E-state index contributed by atoms with van der Waals surface area (Å²) >= 11 is 0. The molecule has 0 aromatic heterocycles. The molecule has 78 valence electrons. The van der Waals surface area contributed by atoms with Crippen molar-refractivity contribution in [3.8, 4) is 0 Å². The SMILES string of the molecule is C=CN(N=C)C1=CN=C(C)CC1.CC. The van der Waals surface area contributed by atoms with Crippen LogP contribution in [0.25, 0.3) is 0 Å². The molecule has 0 radical (unpaired) electrons. The summed E-state index contributed by atoms with van der Waals surface area (Å²) in [6, 6.07) is 0. The van der Waals surface area contributed by atoms with Gasteiger partial charge in [0, 0.05) is 24.8 Å².